The van der Waals surface area contributed by atoms with Gasteiger partial charge in [-0.2, -0.15) is 0 Å². The zero-order chi connectivity index (χ0) is 18.3. The van der Waals surface area contributed by atoms with Crippen LogP contribution in [0.3, 0.4) is 0 Å². The predicted octanol–water partition coefficient (Wildman–Crippen LogP) is -0.652. The minimum Gasteiger partial charge on any atom is -0.393 e. The maximum atomic E-state index is 10.4. The summed E-state index contributed by atoms with van der Waals surface area (Å²) in [5.74, 6) is 0.234. The van der Waals surface area contributed by atoms with Crippen LogP contribution < -0.4 is 5.73 Å². The number of hydrogen-bond donors (Lipinski definition) is 4. The van der Waals surface area contributed by atoms with E-state index in [0.717, 1.165) is 19.3 Å². The molecule has 2 aromatic rings. The summed E-state index contributed by atoms with van der Waals surface area (Å²) in [6, 6.07) is 0. The first-order chi connectivity index (χ1) is 12.5. The van der Waals surface area contributed by atoms with Gasteiger partial charge in [-0.05, 0) is 25.7 Å². The fourth-order valence-electron chi connectivity index (χ4n) is 3.66. The number of fused-ring (bicyclic) bond motifs is 1. The van der Waals surface area contributed by atoms with Crippen molar-refractivity contribution in [1.82, 2.24) is 19.5 Å². The van der Waals surface area contributed by atoms with Crippen molar-refractivity contribution in [3.8, 4) is 0 Å². The zero-order valence-corrected chi connectivity index (χ0v) is 14.2. The van der Waals surface area contributed by atoms with Gasteiger partial charge in [0.15, 0.2) is 17.7 Å². The van der Waals surface area contributed by atoms with Crippen molar-refractivity contribution in [2.24, 2.45) is 0 Å². The summed E-state index contributed by atoms with van der Waals surface area (Å²) in [7, 11) is 0. The van der Waals surface area contributed by atoms with Crippen molar-refractivity contribution in [2.45, 2.75) is 62.4 Å². The highest BCUT2D eigenvalue weighted by molar-refractivity contribution is 5.81. The maximum Gasteiger partial charge on any atom is 0.167 e. The Balaban J connectivity index is 1.46. The van der Waals surface area contributed by atoms with Gasteiger partial charge in [-0.25, -0.2) is 15.0 Å². The number of hydrogen-bond acceptors (Lipinski definition) is 9. The third kappa shape index (κ3) is 3.14. The van der Waals surface area contributed by atoms with Crippen molar-refractivity contribution >= 4 is 17.0 Å². The van der Waals surface area contributed by atoms with E-state index in [1.54, 1.807) is 0 Å². The molecule has 1 saturated heterocycles. The lowest BCUT2D eigenvalue weighted by Gasteiger charge is -2.27. The van der Waals surface area contributed by atoms with Crippen LogP contribution in [-0.2, 0) is 9.47 Å². The van der Waals surface area contributed by atoms with Crippen LogP contribution in [0.25, 0.3) is 11.2 Å². The van der Waals surface area contributed by atoms with Crippen molar-refractivity contribution in [2.75, 3.05) is 12.3 Å². The van der Waals surface area contributed by atoms with Crippen LogP contribution in [0.15, 0.2) is 12.7 Å². The number of aromatic nitrogens is 4. The first kappa shape index (κ1) is 17.6. The van der Waals surface area contributed by atoms with Gasteiger partial charge in [-0.1, -0.05) is 0 Å². The Morgan fingerprint density at radius 2 is 2.04 bits per heavy atom. The summed E-state index contributed by atoms with van der Waals surface area (Å²) in [4.78, 5) is 12.2. The normalized spacial score (nSPS) is 35.2. The molecule has 1 aliphatic carbocycles. The fraction of sp³-hybridized carbons (Fsp3) is 0.688. The van der Waals surface area contributed by atoms with E-state index in [-0.39, 0.29) is 24.6 Å². The molecule has 10 heteroatoms. The van der Waals surface area contributed by atoms with E-state index >= 15 is 0 Å². The lowest BCUT2D eigenvalue weighted by Crippen LogP contribution is -2.36. The molecule has 2 aliphatic rings. The molecule has 2 aromatic heterocycles. The average molecular weight is 365 g/mol. The summed E-state index contributed by atoms with van der Waals surface area (Å²) < 4.78 is 13.2. The van der Waals surface area contributed by atoms with Gasteiger partial charge >= 0.3 is 0 Å². The first-order valence-electron chi connectivity index (χ1n) is 8.79. The van der Waals surface area contributed by atoms with E-state index < -0.39 is 24.5 Å². The Morgan fingerprint density at radius 3 is 2.85 bits per heavy atom. The molecule has 2 fully saturated rings. The number of nitrogens with two attached hydrogens (primary N) is 1. The largest absolute Gasteiger partial charge is 0.393 e. The minimum atomic E-state index is -1.16. The van der Waals surface area contributed by atoms with E-state index in [2.05, 4.69) is 15.0 Å². The molecule has 0 aromatic carbocycles. The van der Waals surface area contributed by atoms with E-state index in [4.69, 9.17) is 15.2 Å². The maximum absolute atomic E-state index is 10.4. The summed E-state index contributed by atoms with van der Waals surface area (Å²) >= 11 is 0. The van der Waals surface area contributed by atoms with Gasteiger partial charge in [0.2, 0.25) is 0 Å². The third-order valence-corrected chi connectivity index (χ3v) is 5.09. The van der Waals surface area contributed by atoms with Gasteiger partial charge in [0.25, 0.3) is 0 Å². The second-order valence-corrected chi connectivity index (χ2v) is 6.91. The van der Waals surface area contributed by atoms with Gasteiger partial charge in [-0.3, -0.25) is 4.57 Å². The molecule has 26 heavy (non-hydrogen) atoms. The number of aliphatic hydroxyl groups is 3. The SMILES string of the molecule is Nc1ncnc2c1ncn2[C@@H]1O[C@H](CO[C@@H]2CCC[C@@H](O)C2)[C@@H](O)[C@H]1O. The molecule has 3 heterocycles. The number of anilines is 1. The quantitative estimate of drug-likeness (QED) is 0.554. The molecule has 0 spiro atoms. The molecule has 1 aliphatic heterocycles. The molecule has 5 N–H and O–H groups in total. The Hall–Kier alpha value is -1.85. The molecule has 0 unspecified atom stereocenters. The van der Waals surface area contributed by atoms with Gasteiger partial charge < -0.3 is 30.5 Å². The van der Waals surface area contributed by atoms with E-state index in [1.165, 1.54) is 17.2 Å². The van der Waals surface area contributed by atoms with E-state index in [0.29, 0.717) is 17.6 Å². The smallest absolute Gasteiger partial charge is 0.167 e. The minimum absolute atomic E-state index is 0.0626. The summed E-state index contributed by atoms with van der Waals surface area (Å²) in [5, 5.41) is 30.5. The number of rotatable bonds is 4. The monoisotopic (exact) mass is 365 g/mol. The van der Waals surface area contributed by atoms with Crippen LogP contribution in [-0.4, -0.2) is 72.0 Å². The van der Waals surface area contributed by atoms with Crippen molar-refractivity contribution in [1.29, 1.82) is 0 Å². The molecular weight excluding hydrogens is 342 g/mol. The molecule has 0 amide bonds. The van der Waals surface area contributed by atoms with Crippen LogP contribution in [0.5, 0.6) is 0 Å². The number of aliphatic hydroxyl groups excluding tert-OH is 3. The standard InChI is InChI=1S/C16H23N5O5/c17-14-11-15(19-6-18-14)21(7-20-11)16-13(24)12(23)10(26-16)5-25-9-3-1-2-8(22)4-9/h6-10,12-13,16,22-24H,1-5H2,(H2,17,18,19)/t8-,9-,10-,12-,13-,16-/m1/s1. The molecule has 0 bridgehead atoms. The molecular formula is C16H23N5O5. The Labute approximate surface area is 149 Å². The van der Waals surface area contributed by atoms with Crippen LogP contribution in [0, 0.1) is 0 Å². The van der Waals surface area contributed by atoms with Crippen molar-refractivity contribution < 1.29 is 24.8 Å². The second kappa shape index (κ2) is 7.05. The lowest BCUT2D eigenvalue weighted by atomic mass is 9.95. The lowest BCUT2D eigenvalue weighted by molar-refractivity contribution is -0.0941. The summed E-state index contributed by atoms with van der Waals surface area (Å²) in [5.41, 5.74) is 6.61. The summed E-state index contributed by atoms with van der Waals surface area (Å²) in [6.45, 7) is 0.135. The second-order valence-electron chi connectivity index (χ2n) is 6.91. The van der Waals surface area contributed by atoms with E-state index in [1.807, 2.05) is 0 Å². The number of imidazole rings is 1. The Bertz CT molecular complexity index is 771. The molecule has 6 atom stereocenters. The number of nitrogen functional groups attached to an aromatic ring is 1. The van der Waals surface area contributed by atoms with Gasteiger partial charge in [0.1, 0.15) is 30.2 Å². The van der Waals surface area contributed by atoms with Gasteiger partial charge in [0, 0.05) is 0 Å². The van der Waals surface area contributed by atoms with Crippen LogP contribution >= 0.6 is 0 Å². The van der Waals surface area contributed by atoms with Gasteiger partial charge in [-0.15, -0.1) is 0 Å². The first-order valence-corrected chi connectivity index (χ1v) is 8.79. The highest BCUT2D eigenvalue weighted by Gasteiger charge is 2.44. The Morgan fingerprint density at radius 1 is 1.19 bits per heavy atom. The predicted molar refractivity (Wildman–Crippen MR) is 89.9 cm³/mol. The van der Waals surface area contributed by atoms with Crippen LogP contribution in [0.2, 0.25) is 0 Å². The molecule has 10 nitrogen and oxygen atoms in total. The highest BCUT2D eigenvalue weighted by Crippen LogP contribution is 2.32. The average Bonchev–Trinajstić information content (AvgIpc) is 3.17. The molecule has 0 radical (unpaired) electrons. The van der Waals surface area contributed by atoms with Gasteiger partial charge in [0.05, 0.1) is 25.1 Å². The topological polar surface area (TPSA) is 149 Å². The van der Waals surface area contributed by atoms with Crippen molar-refractivity contribution in [3.63, 3.8) is 0 Å². The van der Waals surface area contributed by atoms with Crippen LogP contribution in [0.4, 0.5) is 5.82 Å². The number of nitrogens with zero attached hydrogens (tertiary/aromatic N) is 4. The Kier molecular flexibility index (Phi) is 4.76. The third-order valence-electron chi connectivity index (χ3n) is 5.09. The molecule has 4 rings (SSSR count). The van der Waals surface area contributed by atoms with Crippen molar-refractivity contribution in [3.05, 3.63) is 12.7 Å². The molecule has 1 saturated carbocycles. The fourth-order valence-corrected chi connectivity index (χ4v) is 3.66. The summed E-state index contributed by atoms with van der Waals surface area (Å²) in [6.07, 6.45) is 1.70. The highest BCUT2D eigenvalue weighted by atomic mass is 16.6. The van der Waals surface area contributed by atoms with E-state index in [9.17, 15) is 15.3 Å². The van der Waals surface area contributed by atoms with Crippen LogP contribution in [0.1, 0.15) is 31.9 Å². The zero-order valence-electron chi connectivity index (χ0n) is 14.2. The number of ether oxygens (including phenoxy) is 2. The molecule has 142 valence electrons.